The molecule has 1 N–H and O–H groups in total. The second kappa shape index (κ2) is 3.97. The summed E-state index contributed by atoms with van der Waals surface area (Å²) < 4.78 is 0. The van der Waals surface area contributed by atoms with Crippen molar-refractivity contribution < 1.29 is 0 Å². The molecule has 76 valence electrons. The lowest BCUT2D eigenvalue weighted by molar-refractivity contribution is 0.0733. The molecule has 2 fully saturated rings. The van der Waals surface area contributed by atoms with Gasteiger partial charge >= 0.3 is 0 Å². The molecule has 3 atom stereocenters. The molecule has 0 aliphatic carbocycles. The molecule has 2 aliphatic rings. The van der Waals surface area contributed by atoms with Crippen LogP contribution in [-0.2, 0) is 0 Å². The zero-order valence-electron chi connectivity index (χ0n) is 8.92. The van der Waals surface area contributed by atoms with Crippen molar-refractivity contribution in [2.45, 2.75) is 32.7 Å². The molecule has 2 saturated heterocycles. The molecule has 0 spiro atoms. The fraction of sp³-hybridized carbons (Fsp3) is 1.00. The monoisotopic (exact) mass is 182 g/mol. The summed E-state index contributed by atoms with van der Waals surface area (Å²) in [7, 11) is 0. The third-order valence-electron chi connectivity index (χ3n) is 3.62. The Labute approximate surface area is 81.7 Å². The number of hydrogen-bond acceptors (Lipinski definition) is 2. The highest BCUT2D eigenvalue weighted by Crippen LogP contribution is 2.27. The van der Waals surface area contributed by atoms with Gasteiger partial charge in [-0.25, -0.2) is 0 Å². The molecule has 0 aromatic heterocycles. The second-order valence-corrected chi connectivity index (χ2v) is 4.82. The van der Waals surface area contributed by atoms with Crippen molar-refractivity contribution in [3.05, 3.63) is 0 Å². The molecule has 2 bridgehead atoms. The molecule has 13 heavy (non-hydrogen) atoms. The Morgan fingerprint density at radius 3 is 3.00 bits per heavy atom. The van der Waals surface area contributed by atoms with E-state index in [2.05, 4.69) is 24.1 Å². The third-order valence-corrected chi connectivity index (χ3v) is 3.62. The number of likely N-dealkylation sites (tertiary alicyclic amines) is 1. The van der Waals surface area contributed by atoms with Crippen LogP contribution in [0.3, 0.4) is 0 Å². The van der Waals surface area contributed by atoms with Gasteiger partial charge in [-0.2, -0.15) is 0 Å². The lowest BCUT2D eigenvalue weighted by atomic mass is 9.81. The van der Waals surface area contributed by atoms with Gasteiger partial charge in [0, 0.05) is 19.1 Å². The Kier molecular flexibility index (Phi) is 2.89. The van der Waals surface area contributed by atoms with Crippen LogP contribution in [0.15, 0.2) is 0 Å². The van der Waals surface area contributed by atoms with E-state index in [-0.39, 0.29) is 0 Å². The highest BCUT2D eigenvalue weighted by atomic mass is 15.2. The number of rotatable bonds is 2. The van der Waals surface area contributed by atoms with Crippen molar-refractivity contribution in [1.29, 1.82) is 0 Å². The summed E-state index contributed by atoms with van der Waals surface area (Å²) in [6.07, 6.45) is 2.77. The minimum Gasteiger partial charge on any atom is -0.314 e. The van der Waals surface area contributed by atoms with Gasteiger partial charge < -0.3 is 10.2 Å². The van der Waals surface area contributed by atoms with Crippen LogP contribution in [0, 0.1) is 11.8 Å². The summed E-state index contributed by atoms with van der Waals surface area (Å²) >= 11 is 0. The van der Waals surface area contributed by atoms with Crippen LogP contribution in [0.2, 0.25) is 0 Å². The van der Waals surface area contributed by atoms with Crippen molar-refractivity contribution in [2.75, 3.05) is 26.2 Å². The van der Waals surface area contributed by atoms with Gasteiger partial charge in [-0.05, 0) is 44.7 Å². The highest BCUT2D eigenvalue weighted by molar-refractivity contribution is 4.89. The van der Waals surface area contributed by atoms with Crippen LogP contribution in [-0.4, -0.2) is 37.1 Å². The molecular weight excluding hydrogens is 160 g/mol. The van der Waals surface area contributed by atoms with E-state index in [0.29, 0.717) is 0 Å². The minimum atomic E-state index is 0.746. The van der Waals surface area contributed by atoms with Gasteiger partial charge in [0.05, 0.1) is 0 Å². The van der Waals surface area contributed by atoms with Gasteiger partial charge in [0.2, 0.25) is 0 Å². The molecular formula is C11H22N2. The average molecular weight is 182 g/mol. The van der Waals surface area contributed by atoms with Crippen LogP contribution in [0.25, 0.3) is 0 Å². The number of fused-ring (bicyclic) bond motifs is 2. The first kappa shape index (κ1) is 9.47. The van der Waals surface area contributed by atoms with E-state index in [1.54, 1.807) is 0 Å². The van der Waals surface area contributed by atoms with Gasteiger partial charge in [-0.15, -0.1) is 0 Å². The Morgan fingerprint density at radius 2 is 2.23 bits per heavy atom. The van der Waals surface area contributed by atoms with Crippen LogP contribution >= 0.6 is 0 Å². The molecule has 2 rings (SSSR count). The molecule has 0 aromatic carbocycles. The van der Waals surface area contributed by atoms with E-state index in [1.165, 1.54) is 39.0 Å². The second-order valence-electron chi connectivity index (χ2n) is 4.82. The van der Waals surface area contributed by atoms with Crippen molar-refractivity contribution in [3.63, 3.8) is 0 Å². The summed E-state index contributed by atoms with van der Waals surface area (Å²) in [4.78, 5) is 2.66. The fourth-order valence-corrected chi connectivity index (χ4v) is 2.88. The normalized spacial score (nSPS) is 40.6. The quantitative estimate of drug-likeness (QED) is 0.693. The van der Waals surface area contributed by atoms with E-state index < -0.39 is 0 Å². The van der Waals surface area contributed by atoms with Crippen molar-refractivity contribution in [1.82, 2.24) is 10.2 Å². The SMILES string of the molecule is CCCN1C[C@H]2CN[C@@H](C)[C@@H](C2)C1. The van der Waals surface area contributed by atoms with Crippen LogP contribution in [0.4, 0.5) is 0 Å². The third kappa shape index (κ3) is 2.05. The molecule has 2 nitrogen and oxygen atoms in total. The molecule has 2 heterocycles. The number of piperidine rings is 2. The van der Waals surface area contributed by atoms with Gasteiger partial charge in [0.25, 0.3) is 0 Å². The highest BCUT2D eigenvalue weighted by Gasteiger charge is 2.33. The lowest BCUT2D eigenvalue weighted by Crippen LogP contribution is -2.55. The minimum absolute atomic E-state index is 0.746. The maximum Gasteiger partial charge on any atom is 0.00794 e. The standard InChI is InChI=1S/C11H22N2/c1-3-4-13-7-10-5-11(8-13)9(2)12-6-10/h9-12H,3-8H2,1-2H3/t9-,10+,11-/m0/s1. The molecule has 2 aliphatic heterocycles. The Balaban J connectivity index is 1.92. The first-order valence-electron chi connectivity index (χ1n) is 5.75. The predicted molar refractivity (Wildman–Crippen MR) is 55.8 cm³/mol. The van der Waals surface area contributed by atoms with Crippen LogP contribution in [0.5, 0.6) is 0 Å². The molecule has 0 amide bonds. The number of nitrogens with zero attached hydrogens (tertiary/aromatic N) is 1. The van der Waals surface area contributed by atoms with E-state index in [0.717, 1.165) is 17.9 Å². The van der Waals surface area contributed by atoms with Crippen molar-refractivity contribution in [3.8, 4) is 0 Å². The number of hydrogen-bond donors (Lipinski definition) is 1. The molecule has 0 unspecified atom stereocenters. The van der Waals surface area contributed by atoms with Gasteiger partial charge in [0.1, 0.15) is 0 Å². The Morgan fingerprint density at radius 1 is 1.38 bits per heavy atom. The summed E-state index contributed by atoms with van der Waals surface area (Å²) in [6, 6.07) is 0.746. The average Bonchev–Trinajstić information content (AvgIpc) is 2.13. The van der Waals surface area contributed by atoms with Gasteiger partial charge in [-0.3, -0.25) is 0 Å². The lowest BCUT2D eigenvalue weighted by Gasteiger charge is -2.45. The maximum absolute atomic E-state index is 3.62. The van der Waals surface area contributed by atoms with Gasteiger partial charge in [0.15, 0.2) is 0 Å². The van der Waals surface area contributed by atoms with E-state index in [4.69, 9.17) is 0 Å². The van der Waals surface area contributed by atoms with Crippen LogP contribution < -0.4 is 5.32 Å². The maximum atomic E-state index is 3.62. The topological polar surface area (TPSA) is 15.3 Å². The zero-order chi connectivity index (χ0) is 9.26. The van der Waals surface area contributed by atoms with Gasteiger partial charge in [-0.1, -0.05) is 6.92 Å². The summed E-state index contributed by atoms with van der Waals surface area (Å²) in [6.45, 7) is 9.85. The smallest absolute Gasteiger partial charge is 0.00794 e. The van der Waals surface area contributed by atoms with Crippen molar-refractivity contribution in [2.24, 2.45) is 11.8 Å². The van der Waals surface area contributed by atoms with E-state index in [9.17, 15) is 0 Å². The molecule has 0 aromatic rings. The Hall–Kier alpha value is -0.0800. The van der Waals surface area contributed by atoms with E-state index in [1.807, 2.05) is 0 Å². The first-order valence-corrected chi connectivity index (χ1v) is 5.75. The van der Waals surface area contributed by atoms with Crippen LogP contribution in [0.1, 0.15) is 26.7 Å². The largest absolute Gasteiger partial charge is 0.314 e. The summed E-state index contributed by atoms with van der Waals surface area (Å²) in [5, 5.41) is 3.62. The summed E-state index contributed by atoms with van der Waals surface area (Å²) in [5.74, 6) is 1.85. The fourth-order valence-electron chi connectivity index (χ4n) is 2.88. The number of nitrogens with one attached hydrogen (secondary N) is 1. The zero-order valence-corrected chi connectivity index (χ0v) is 8.92. The van der Waals surface area contributed by atoms with E-state index >= 15 is 0 Å². The molecule has 0 saturated carbocycles. The predicted octanol–water partition coefficient (Wildman–Crippen LogP) is 1.33. The summed E-state index contributed by atoms with van der Waals surface area (Å²) in [5.41, 5.74) is 0. The molecule has 0 radical (unpaired) electrons. The molecule has 2 heteroatoms. The first-order chi connectivity index (χ1) is 6.29. The van der Waals surface area contributed by atoms with Crippen molar-refractivity contribution >= 4 is 0 Å². The Bertz CT molecular complexity index is 169.